The van der Waals surface area contributed by atoms with Gasteiger partial charge in [-0.15, -0.1) is 0 Å². The number of nitrogens with zero attached hydrogens (tertiary/aromatic N) is 1. The van der Waals surface area contributed by atoms with Crippen LogP contribution in [-0.4, -0.2) is 30.6 Å². The second kappa shape index (κ2) is 7.47. The predicted octanol–water partition coefficient (Wildman–Crippen LogP) is 3.96. The van der Waals surface area contributed by atoms with E-state index in [2.05, 4.69) is 31.4 Å². The normalized spacial score (nSPS) is 28.1. The van der Waals surface area contributed by atoms with Gasteiger partial charge in [0.25, 0.3) is 0 Å². The predicted molar refractivity (Wildman–Crippen MR) is 104 cm³/mol. The van der Waals surface area contributed by atoms with Crippen LogP contribution in [0.5, 0.6) is 0 Å². The molecule has 0 aromatic heterocycles. The first kappa shape index (κ1) is 19.0. The lowest BCUT2D eigenvalue weighted by Crippen LogP contribution is -2.50. The number of amides is 3. The fraction of sp³-hybridized carbons (Fsp3) is 0.600. The summed E-state index contributed by atoms with van der Waals surface area (Å²) in [6.07, 6.45) is 3.52. The van der Waals surface area contributed by atoms with Gasteiger partial charge in [-0.3, -0.25) is 4.79 Å². The van der Waals surface area contributed by atoms with Crippen molar-refractivity contribution in [3.05, 3.63) is 29.3 Å². The molecule has 1 aliphatic heterocycles. The van der Waals surface area contributed by atoms with Gasteiger partial charge < -0.3 is 15.5 Å². The fourth-order valence-electron chi connectivity index (χ4n) is 4.54. The maximum Gasteiger partial charge on any atom is 0.315 e. The number of carbonyl (C=O) groups is 2. The van der Waals surface area contributed by atoms with Gasteiger partial charge in [-0.05, 0) is 54.9 Å². The summed E-state index contributed by atoms with van der Waals surface area (Å²) in [5.74, 6) is 0.627. The Morgan fingerprint density at radius 1 is 1.15 bits per heavy atom. The highest BCUT2D eigenvalue weighted by molar-refractivity contribution is 6.30. The van der Waals surface area contributed by atoms with Crippen LogP contribution in [0.15, 0.2) is 24.3 Å². The number of anilines is 1. The second-order valence-corrected chi connectivity index (χ2v) is 9.05. The molecule has 2 N–H and O–H groups in total. The summed E-state index contributed by atoms with van der Waals surface area (Å²) in [7, 11) is 0. The molecule has 0 unspecified atom stereocenters. The molecule has 26 heavy (non-hydrogen) atoms. The Morgan fingerprint density at radius 2 is 1.81 bits per heavy atom. The molecular weight excluding hydrogens is 350 g/mol. The maximum absolute atomic E-state index is 12.4. The molecule has 1 aliphatic carbocycles. The summed E-state index contributed by atoms with van der Waals surface area (Å²) < 4.78 is 0. The van der Waals surface area contributed by atoms with Gasteiger partial charge in [-0.25, -0.2) is 4.79 Å². The average molecular weight is 378 g/mol. The largest absolute Gasteiger partial charge is 0.335 e. The van der Waals surface area contributed by atoms with Gasteiger partial charge in [0.05, 0.1) is 6.04 Å². The molecule has 1 saturated heterocycles. The van der Waals surface area contributed by atoms with Gasteiger partial charge in [0, 0.05) is 29.7 Å². The summed E-state index contributed by atoms with van der Waals surface area (Å²) in [6, 6.07) is 7.04. The van der Waals surface area contributed by atoms with Crippen LogP contribution in [0.1, 0.15) is 46.5 Å². The zero-order valence-corrected chi connectivity index (χ0v) is 16.5. The molecular formula is C20H28ClN3O2. The molecule has 1 aromatic rings. The van der Waals surface area contributed by atoms with E-state index in [-0.39, 0.29) is 29.4 Å². The summed E-state index contributed by atoms with van der Waals surface area (Å²) in [5, 5.41) is 6.72. The molecule has 5 nitrogen and oxygen atoms in total. The van der Waals surface area contributed by atoms with Gasteiger partial charge in [0.15, 0.2) is 0 Å². The molecule has 0 radical (unpaired) electrons. The number of urea groups is 1. The van der Waals surface area contributed by atoms with E-state index in [9.17, 15) is 9.59 Å². The Morgan fingerprint density at radius 3 is 2.46 bits per heavy atom. The van der Waals surface area contributed by atoms with E-state index in [0.717, 1.165) is 18.5 Å². The van der Waals surface area contributed by atoms with Crippen molar-refractivity contribution in [3.8, 4) is 0 Å². The molecule has 0 spiro atoms. The van der Waals surface area contributed by atoms with Crippen LogP contribution in [0.25, 0.3) is 0 Å². The van der Waals surface area contributed by atoms with E-state index in [0.29, 0.717) is 23.9 Å². The lowest BCUT2D eigenvalue weighted by Gasteiger charge is -2.39. The van der Waals surface area contributed by atoms with E-state index in [4.69, 9.17) is 11.6 Å². The van der Waals surface area contributed by atoms with Crippen molar-refractivity contribution in [2.75, 3.05) is 11.4 Å². The van der Waals surface area contributed by atoms with E-state index >= 15 is 0 Å². The fourth-order valence-corrected chi connectivity index (χ4v) is 4.67. The number of halogens is 1. The first-order valence-corrected chi connectivity index (χ1v) is 9.72. The summed E-state index contributed by atoms with van der Waals surface area (Å²) >= 11 is 5.91. The lowest BCUT2D eigenvalue weighted by molar-refractivity contribution is -0.117. The third-order valence-electron chi connectivity index (χ3n) is 5.32. The standard InChI is InChI=1S/C20H28ClN3O2/c1-13-8-15(11-20(2,3)10-13)22-19(26)23-16-9-18(25)24(12-16)17-6-4-14(21)5-7-17/h4-7,13,15-16H,8-12H2,1-3H3,(H2,22,23,26)/t13-,15+,16+/m0/s1. The number of nitrogens with one attached hydrogen (secondary N) is 2. The lowest BCUT2D eigenvalue weighted by atomic mass is 9.71. The van der Waals surface area contributed by atoms with E-state index in [1.54, 1.807) is 17.0 Å². The molecule has 1 saturated carbocycles. The number of carbonyl (C=O) groups excluding carboxylic acids is 2. The first-order chi connectivity index (χ1) is 12.2. The third-order valence-corrected chi connectivity index (χ3v) is 5.57. The number of benzene rings is 1. The Balaban J connectivity index is 1.54. The van der Waals surface area contributed by atoms with Crippen LogP contribution in [0, 0.1) is 11.3 Å². The van der Waals surface area contributed by atoms with Gasteiger partial charge in [-0.1, -0.05) is 32.4 Å². The minimum absolute atomic E-state index is 0.0186. The minimum atomic E-state index is -0.174. The molecule has 2 fully saturated rings. The molecule has 142 valence electrons. The van der Waals surface area contributed by atoms with Gasteiger partial charge in [0.1, 0.15) is 0 Å². The van der Waals surface area contributed by atoms with Crippen molar-refractivity contribution in [2.45, 2.75) is 58.5 Å². The molecule has 0 bridgehead atoms. The van der Waals surface area contributed by atoms with E-state index in [1.165, 1.54) is 6.42 Å². The Hall–Kier alpha value is -1.75. The van der Waals surface area contributed by atoms with Crippen LogP contribution < -0.4 is 15.5 Å². The Labute approximate surface area is 160 Å². The quantitative estimate of drug-likeness (QED) is 0.837. The molecule has 3 amide bonds. The zero-order valence-electron chi connectivity index (χ0n) is 15.7. The van der Waals surface area contributed by atoms with Crippen molar-refractivity contribution in [1.82, 2.24) is 10.6 Å². The van der Waals surface area contributed by atoms with Gasteiger partial charge in [-0.2, -0.15) is 0 Å². The maximum atomic E-state index is 12.4. The SMILES string of the molecule is C[C@H]1C[C@@H](NC(=O)N[C@@H]2CC(=O)N(c3ccc(Cl)cc3)C2)CC(C)(C)C1. The summed E-state index contributed by atoms with van der Waals surface area (Å²) in [6.45, 7) is 7.25. The second-order valence-electron chi connectivity index (χ2n) is 8.61. The number of hydrogen-bond acceptors (Lipinski definition) is 2. The molecule has 6 heteroatoms. The monoisotopic (exact) mass is 377 g/mol. The molecule has 3 rings (SSSR count). The van der Waals surface area contributed by atoms with Crippen molar-refractivity contribution < 1.29 is 9.59 Å². The number of rotatable bonds is 3. The Bertz CT molecular complexity index is 674. The van der Waals surface area contributed by atoms with Crippen LogP contribution >= 0.6 is 11.6 Å². The van der Waals surface area contributed by atoms with Crippen molar-refractivity contribution in [2.24, 2.45) is 11.3 Å². The number of hydrogen-bond donors (Lipinski definition) is 2. The zero-order chi connectivity index (χ0) is 18.9. The molecule has 1 aromatic carbocycles. The highest BCUT2D eigenvalue weighted by Crippen LogP contribution is 2.38. The molecule has 2 aliphatic rings. The highest BCUT2D eigenvalue weighted by Gasteiger charge is 2.34. The van der Waals surface area contributed by atoms with Crippen molar-refractivity contribution >= 4 is 29.2 Å². The molecule has 3 atom stereocenters. The topological polar surface area (TPSA) is 61.4 Å². The smallest absolute Gasteiger partial charge is 0.315 e. The van der Waals surface area contributed by atoms with E-state index < -0.39 is 0 Å². The summed E-state index contributed by atoms with van der Waals surface area (Å²) in [4.78, 5) is 26.4. The van der Waals surface area contributed by atoms with Crippen LogP contribution in [0.4, 0.5) is 10.5 Å². The van der Waals surface area contributed by atoms with Crippen LogP contribution in [0.2, 0.25) is 5.02 Å². The Kier molecular flexibility index (Phi) is 5.47. The van der Waals surface area contributed by atoms with Crippen molar-refractivity contribution in [3.63, 3.8) is 0 Å². The summed E-state index contributed by atoms with van der Waals surface area (Å²) in [5.41, 5.74) is 1.07. The third kappa shape index (κ3) is 4.70. The van der Waals surface area contributed by atoms with Crippen LogP contribution in [-0.2, 0) is 4.79 Å². The van der Waals surface area contributed by atoms with Gasteiger partial charge >= 0.3 is 6.03 Å². The van der Waals surface area contributed by atoms with Crippen molar-refractivity contribution in [1.29, 1.82) is 0 Å². The molecule has 1 heterocycles. The highest BCUT2D eigenvalue weighted by atomic mass is 35.5. The van der Waals surface area contributed by atoms with E-state index in [1.807, 2.05) is 12.1 Å². The average Bonchev–Trinajstić information content (AvgIpc) is 2.86. The van der Waals surface area contributed by atoms with Gasteiger partial charge in [0.2, 0.25) is 5.91 Å². The minimum Gasteiger partial charge on any atom is -0.335 e. The van der Waals surface area contributed by atoms with Crippen LogP contribution in [0.3, 0.4) is 0 Å². The first-order valence-electron chi connectivity index (χ1n) is 9.35.